The van der Waals surface area contributed by atoms with Gasteiger partial charge in [-0.1, -0.05) is 34.5 Å². The molecule has 3 rings (SSSR count). The van der Waals surface area contributed by atoms with E-state index in [1.165, 1.54) is 17.0 Å². The highest BCUT2D eigenvalue weighted by atomic mass is 35.5. The molecule has 1 amide bonds. The van der Waals surface area contributed by atoms with Crippen LogP contribution in [0.1, 0.15) is 16.8 Å². The molecule has 0 fully saturated rings. The van der Waals surface area contributed by atoms with Crippen LogP contribution in [0.15, 0.2) is 30.3 Å². The van der Waals surface area contributed by atoms with Crippen LogP contribution in [0.3, 0.4) is 0 Å². The zero-order valence-electron chi connectivity index (χ0n) is 15.6. The van der Waals surface area contributed by atoms with Gasteiger partial charge < -0.3 is 4.90 Å². The zero-order chi connectivity index (χ0) is 20.4. The van der Waals surface area contributed by atoms with Gasteiger partial charge in [0, 0.05) is 17.6 Å². The first-order chi connectivity index (χ1) is 13.3. The highest BCUT2D eigenvalue weighted by Crippen LogP contribution is 2.33. The first-order valence-electron chi connectivity index (χ1n) is 8.43. The van der Waals surface area contributed by atoms with E-state index in [1.807, 2.05) is 19.0 Å². The number of hydrogen-bond acceptors (Lipinski definition) is 4. The third-order valence-electron chi connectivity index (χ3n) is 4.03. The Morgan fingerprint density at radius 2 is 1.86 bits per heavy atom. The number of anilines is 1. The van der Waals surface area contributed by atoms with Gasteiger partial charge >= 0.3 is 0 Å². The molecular weight excluding hydrogens is 463 g/mol. The number of rotatable bonds is 6. The molecule has 29 heavy (non-hydrogen) atoms. The average molecular weight is 481 g/mol. The fourth-order valence-electron chi connectivity index (χ4n) is 2.70. The van der Waals surface area contributed by atoms with Crippen molar-refractivity contribution in [2.75, 3.05) is 32.1 Å². The number of thiazole rings is 1. The van der Waals surface area contributed by atoms with Gasteiger partial charge in [0.2, 0.25) is 0 Å². The van der Waals surface area contributed by atoms with Crippen molar-refractivity contribution in [3.05, 3.63) is 57.6 Å². The number of carbonyl (C=O) groups is 1. The van der Waals surface area contributed by atoms with Crippen LogP contribution in [0.2, 0.25) is 10.0 Å². The van der Waals surface area contributed by atoms with Crippen LogP contribution in [-0.2, 0) is 0 Å². The first kappa shape index (κ1) is 23.8. The highest BCUT2D eigenvalue weighted by Gasteiger charge is 2.24. The third-order valence-corrected chi connectivity index (χ3v) is 5.60. The van der Waals surface area contributed by atoms with E-state index in [0.29, 0.717) is 22.7 Å². The van der Waals surface area contributed by atoms with Crippen molar-refractivity contribution in [2.45, 2.75) is 6.42 Å². The van der Waals surface area contributed by atoms with Gasteiger partial charge in [-0.15, -0.1) is 12.4 Å². The van der Waals surface area contributed by atoms with Gasteiger partial charge in [-0.2, -0.15) is 0 Å². The molecule has 4 nitrogen and oxygen atoms in total. The molecule has 0 spiro atoms. The van der Waals surface area contributed by atoms with Gasteiger partial charge in [-0.25, -0.2) is 13.8 Å². The Morgan fingerprint density at radius 1 is 1.14 bits per heavy atom. The standard InChI is InChI=1S/C19H17Cl2F2N3OS.ClH/c1-25(2)6-3-7-26(18(27)13-5-4-11(20)8-14(13)21)19-24-17-15(23)9-12(22)10-16(17)28-19;/h4-5,8-10H,3,6-7H2,1-2H3;1H. The Hall–Kier alpha value is -1.51. The Kier molecular flexibility index (Phi) is 8.19. The summed E-state index contributed by atoms with van der Waals surface area (Å²) in [6.07, 6.45) is 0.663. The second kappa shape index (κ2) is 10.00. The predicted octanol–water partition coefficient (Wildman–Crippen LogP) is 5.90. The number of aromatic nitrogens is 1. The molecule has 0 radical (unpaired) electrons. The molecule has 0 bridgehead atoms. The summed E-state index contributed by atoms with van der Waals surface area (Å²) in [5.74, 6) is -1.82. The molecule has 156 valence electrons. The third kappa shape index (κ3) is 5.55. The molecular formula is C19H18Cl3F2N3OS. The van der Waals surface area contributed by atoms with Crippen LogP contribution in [0.4, 0.5) is 13.9 Å². The quantitative estimate of drug-likeness (QED) is 0.441. The van der Waals surface area contributed by atoms with Gasteiger partial charge in [0.15, 0.2) is 10.9 Å². The van der Waals surface area contributed by atoms with Crippen molar-refractivity contribution in [2.24, 2.45) is 0 Å². The summed E-state index contributed by atoms with van der Waals surface area (Å²) in [6, 6.07) is 6.59. The van der Waals surface area contributed by atoms with Gasteiger partial charge in [0.1, 0.15) is 11.3 Å². The van der Waals surface area contributed by atoms with E-state index < -0.39 is 11.6 Å². The second-order valence-electron chi connectivity index (χ2n) is 6.47. The number of hydrogen-bond donors (Lipinski definition) is 0. The maximum absolute atomic E-state index is 14.1. The number of carbonyl (C=O) groups excluding carboxylic acids is 1. The van der Waals surface area contributed by atoms with Crippen LogP contribution in [0.25, 0.3) is 10.2 Å². The lowest BCUT2D eigenvalue weighted by atomic mass is 10.2. The van der Waals surface area contributed by atoms with E-state index in [1.54, 1.807) is 12.1 Å². The second-order valence-corrected chi connectivity index (χ2v) is 8.32. The largest absolute Gasteiger partial charge is 0.309 e. The monoisotopic (exact) mass is 479 g/mol. The van der Waals surface area contributed by atoms with E-state index in [9.17, 15) is 13.6 Å². The molecule has 0 saturated carbocycles. The summed E-state index contributed by atoms with van der Waals surface area (Å²) < 4.78 is 27.9. The first-order valence-corrected chi connectivity index (χ1v) is 10.0. The lowest BCUT2D eigenvalue weighted by Crippen LogP contribution is -2.33. The van der Waals surface area contributed by atoms with Crippen LogP contribution >= 0.6 is 46.9 Å². The van der Waals surface area contributed by atoms with E-state index >= 15 is 0 Å². The van der Waals surface area contributed by atoms with Gasteiger partial charge in [0.05, 0.1) is 15.3 Å². The van der Waals surface area contributed by atoms with Crippen molar-refractivity contribution in [1.82, 2.24) is 9.88 Å². The molecule has 0 saturated heterocycles. The van der Waals surface area contributed by atoms with Crippen LogP contribution < -0.4 is 4.90 Å². The SMILES string of the molecule is CN(C)CCCN(C(=O)c1ccc(Cl)cc1Cl)c1nc2c(F)cc(F)cc2s1.Cl. The fourth-order valence-corrected chi connectivity index (χ4v) is 4.22. The number of fused-ring (bicyclic) bond motifs is 1. The molecule has 0 atom stereocenters. The molecule has 0 aliphatic carbocycles. The van der Waals surface area contributed by atoms with Crippen LogP contribution in [0.5, 0.6) is 0 Å². The summed E-state index contributed by atoms with van der Waals surface area (Å²) in [5.41, 5.74) is 0.302. The number of amides is 1. The minimum absolute atomic E-state index is 0. The molecule has 1 aromatic heterocycles. The summed E-state index contributed by atoms with van der Waals surface area (Å²) in [5, 5.41) is 0.918. The van der Waals surface area contributed by atoms with Gasteiger partial charge in [-0.05, 0) is 51.3 Å². The van der Waals surface area contributed by atoms with E-state index in [2.05, 4.69) is 4.98 Å². The van der Waals surface area contributed by atoms with Crippen LogP contribution in [-0.4, -0.2) is 43.0 Å². The van der Waals surface area contributed by atoms with Crippen molar-refractivity contribution < 1.29 is 13.6 Å². The summed E-state index contributed by atoms with van der Waals surface area (Å²) >= 11 is 13.2. The number of nitrogens with zero attached hydrogens (tertiary/aromatic N) is 3. The lowest BCUT2D eigenvalue weighted by molar-refractivity contribution is 0.0986. The number of benzene rings is 2. The Morgan fingerprint density at radius 3 is 2.52 bits per heavy atom. The molecule has 10 heteroatoms. The normalized spacial score (nSPS) is 11.0. The summed E-state index contributed by atoms with van der Waals surface area (Å²) in [7, 11) is 3.86. The maximum Gasteiger partial charge on any atom is 0.261 e. The molecule has 3 aromatic rings. The van der Waals surface area contributed by atoms with Crippen molar-refractivity contribution in [3.8, 4) is 0 Å². The lowest BCUT2D eigenvalue weighted by Gasteiger charge is -2.21. The Bertz CT molecular complexity index is 1030. The summed E-state index contributed by atoms with van der Waals surface area (Å²) in [4.78, 5) is 20.8. The molecule has 0 aliphatic rings. The predicted molar refractivity (Wildman–Crippen MR) is 118 cm³/mol. The zero-order valence-corrected chi connectivity index (χ0v) is 18.7. The minimum Gasteiger partial charge on any atom is -0.309 e. The average Bonchev–Trinajstić information content (AvgIpc) is 3.02. The van der Waals surface area contributed by atoms with E-state index in [-0.39, 0.29) is 39.5 Å². The Labute approximate surface area is 187 Å². The maximum atomic E-state index is 14.1. The molecule has 0 aliphatic heterocycles. The summed E-state index contributed by atoms with van der Waals surface area (Å²) in [6.45, 7) is 1.09. The van der Waals surface area contributed by atoms with Crippen molar-refractivity contribution in [1.29, 1.82) is 0 Å². The molecule has 1 heterocycles. The van der Waals surface area contributed by atoms with Crippen LogP contribution in [0, 0.1) is 11.6 Å². The van der Waals surface area contributed by atoms with Crippen molar-refractivity contribution in [3.63, 3.8) is 0 Å². The van der Waals surface area contributed by atoms with Crippen molar-refractivity contribution >= 4 is 68.2 Å². The van der Waals surface area contributed by atoms with Gasteiger partial charge in [0.25, 0.3) is 5.91 Å². The molecule has 2 aromatic carbocycles. The number of halogens is 5. The smallest absolute Gasteiger partial charge is 0.261 e. The molecule has 0 unspecified atom stereocenters. The minimum atomic E-state index is -0.761. The highest BCUT2D eigenvalue weighted by molar-refractivity contribution is 7.22. The van der Waals surface area contributed by atoms with E-state index in [0.717, 1.165) is 23.9 Å². The topological polar surface area (TPSA) is 36.4 Å². The Balaban J connectivity index is 0.00000300. The van der Waals surface area contributed by atoms with Gasteiger partial charge in [-0.3, -0.25) is 9.69 Å². The fraction of sp³-hybridized carbons (Fsp3) is 0.263. The molecule has 0 N–H and O–H groups in total. The van der Waals surface area contributed by atoms with E-state index in [4.69, 9.17) is 23.2 Å².